The minimum absolute atomic E-state index is 0.0441. The van der Waals surface area contributed by atoms with E-state index < -0.39 is 0 Å². The summed E-state index contributed by atoms with van der Waals surface area (Å²) in [5.41, 5.74) is 2.94. The molecular formula is C16H20N4O. The van der Waals surface area contributed by atoms with Gasteiger partial charge < -0.3 is 14.8 Å². The number of carbonyl (C=O) groups excluding carboxylic acids is 1. The Labute approximate surface area is 123 Å². The van der Waals surface area contributed by atoms with Gasteiger partial charge in [-0.25, -0.2) is 4.98 Å². The molecule has 2 fully saturated rings. The fourth-order valence-corrected chi connectivity index (χ4v) is 3.82. The molecule has 2 aromatic rings. The van der Waals surface area contributed by atoms with Gasteiger partial charge in [0.1, 0.15) is 0 Å². The molecule has 4 rings (SSSR count). The van der Waals surface area contributed by atoms with Crippen molar-refractivity contribution < 1.29 is 4.79 Å². The maximum Gasteiger partial charge on any atom is 0.289 e. The molecule has 2 atom stereocenters. The molecule has 5 heteroatoms. The number of aromatic nitrogens is 2. The number of nitrogens with zero attached hydrogens (tertiary/aromatic N) is 3. The Balaban J connectivity index is 1.58. The first-order valence-corrected chi connectivity index (χ1v) is 7.55. The number of aromatic amines is 1. The number of hydrogen-bond acceptors (Lipinski definition) is 3. The molecule has 2 saturated heterocycles. The Morgan fingerprint density at radius 1 is 1.24 bits per heavy atom. The smallest absolute Gasteiger partial charge is 0.289 e. The third-order valence-electron chi connectivity index (χ3n) is 4.87. The van der Waals surface area contributed by atoms with Crippen LogP contribution < -0.4 is 0 Å². The zero-order valence-corrected chi connectivity index (χ0v) is 12.5. The second-order valence-corrected chi connectivity index (χ2v) is 6.51. The molecule has 5 nitrogen and oxygen atoms in total. The SMILES string of the molecule is Cc1cccc2[nH]c(C(=O)N3C[C@H]4CN(C)C[C@H]4C3)nc12. The molecule has 1 aromatic heterocycles. The van der Waals surface area contributed by atoms with Crippen LogP contribution in [0.15, 0.2) is 18.2 Å². The van der Waals surface area contributed by atoms with Gasteiger partial charge >= 0.3 is 0 Å². The fourth-order valence-electron chi connectivity index (χ4n) is 3.82. The molecule has 1 N–H and O–H groups in total. The predicted molar refractivity (Wildman–Crippen MR) is 81.2 cm³/mol. The molecular weight excluding hydrogens is 264 g/mol. The van der Waals surface area contributed by atoms with Crippen LogP contribution in [-0.4, -0.2) is 58.9 Å². The van der Waals surface area contributed by atoms with Gasteiger partial charge in [0, 0.05) is 26.2 Å². The zero-order valence-electron chi connectivity index (χ0n) is 12.5. The number of para-hydroxylation sites is 1. The summed E-state index contributed by atoms with van der Waals surface area (Å²) < 4.78 is 0. The van der Waals surface area contributed by atoms with Gasteiger partial charge in [0.05, 0.1) is 11.0 Å². The van der Waals surface area contributed by atoms with Crippen LogP contribution in [0.2, 0.25) is 0 Å². The zero-order chi connectivity index (χ0) is 14.6. The van der Waals surface area contributed by atoms with E-state index in [1.807, 2.05) is 30.0 Å². The molecule has 0 bridgehead atoms. The number of hydrogen-bond donors (Lipinski definition) is 1. The summed E-state index contributed by atoms with van der Waals surface area (Å²) in [6, 6.07) is 5.98. The number of amides is 1. The Morgan fingerprint density at radius 2 is 1.95 bits per heavy atom. The lowest BCUT2D eigenvalue weighted by molar-refractivity contribution is 0.0765. The van der Waals surface area contributed by atoms with E-state index in [9.17, 15) is 4.79 Å². The maximum atomic E-state index is 12.7. The summed E-state index contributed by atoms with van der Waals surface area (Å²) in [6.45, 7) is 5.96. The highest BCUT2D eigenvalue weighted by Gasteiger charge is 2.41. The van der Waals surface area contributed by atoms with Crippen LogP contribution in [0.5, 0.6) is 0 Å². The third kappa shape index (κ3) is 2.03. The van der Waals surface area contributed by atoms with Crippen LogP contribution in [-0.2, 0) is 0 Å². The second-order valence-electron chi connectivity index (χ2n) is 6.51. The Hall–Kier alpha value is -1.88. The Morgan fingerprint density at radius 3 is 2.62 bits per heavy atom. The van der Waals surface area contributed by atoms with Gasteiger partial charge in [0.25, 0.3) is 5.91 Å². The standard InChI is InChI=1S/C16H20N4O/c1-10-4-3-5-13-14(10)18-15(17-13)16(21)20-8-11-6-19(2)7-12(11)9-20/h3-5,11-12H,6-9H2,1-2H3,(H,17,18)/t11-,12+. The highest BCUT2D eigenvalue weighted by molar-refractivity contribution is 5.94. The molecule has 0 unspecified atom stereocenters. The molecule has 0 aliphatic carbocycles. The van der Waals surface area contributed by atoms with Gasteiger partial charge in [-0.3, -0.25) is 4.79 Å². The minimum Gasteiger partial charge on any atom is -0.335 e. The van der Waals surface area contributed by atoms with E-state index in [2.05, 4.69) is 21.9 Å². The number of benzene rings is 1. The quantitative estimate of drug-likeness (QED) is 0.863. The monoisotopic (exact) mass is 284 g/mol. The molecule has 0 spiro atoms. The molecule has 2 aliphatic heterocycles. The van der Waals surface area contributed by atoms with Crippen molar-refractivity contribution >= 4 is 16.9 Å². The summed E-state index contributed by atoms with van der Waals surface area (Å²) in [5, 5.41) is 0. The van der Waals surface area contributed by atoms with Gasteiger partial charge in [0.2, 0.25) is 0 Å². The van der Waals surface area contributed by atoms with Crippen molar-refractivity contribution in [1.29, 1.82) is 0 Å². The summed E-state index contributed by atoms with van der Waals surface area (Å²) >= 11 is 0. The third-order valence-corrected chi connectivity index (χ3v) is 4.87. The van der Waals surface area contributed by atoms with E-state index in [-0.39, 0.29) is 5.91 Å². The summed E-state index contributed by atoms with van der Waals surface area (Å²) in [6.07, 6.45) is 0. The summed E-state index contributed by atoms with van der Waals surface area (Å²) in [7, 11) is 2.16. The number of H-pyrrole nitrogens is 1. The van der Waals surface area contributed by atoms with Crippen LogP contribution >= 0.6 is 0 Å². The number of fused-ring (bicyclic) bond motifs is 2. The molecule has 1 aromatic carbocycles. The highest BCUT2D eigenvalue weighted by atomic mass is 16.2. The van der Waals surface area contributed by atoms with Crippen molar-refractivity contribution in [1.82, 2.24) is 19.8 Å². The second kappa shape index (κ2) is 4.56. The number of aryl methyl sites for hydroxylation is 1. The first kappa shape index (κ1) is 12.8. The molecule has 1 amide bonds. The molecule has 110 valence electrons. The van der Waals surface area contributed by atoms with E-state index in [1.54, 1.807) is 0 Å². The number of rotatable bonds is 1. The average Bonchev–Trinajstić information content (AvgIpc) is 3.10. The Kier molecular flexibility index (Phi) is 2.79. The van der Waals surface area contributed by atoms with Crippen molar-refractivity contribution in [2.24, 2.45) is 11.8 Å². The highest BCUT2D eigenvalue weighted by Crippen LogP contribution is 2.31. The first-order chi connectivity index (χ1) is 10.1. The minimum atomic E-state index is 0.0441. The van der Waals surface area contributed by atoms with E-state index in [4.69, 9.17) is 0 Å². The number of carbonyl (C=O) groups is 1. The van der Waals surface area contributed by atoms with E-state index >= 15 is 0 Å². The average molecular weight is 284 g/mol. The van der Waals surface area contributed by atoms with Crippen molar-refractivity contribution in [3.05, 3.63) is 29.6 Å². The number of imidazole rings is 1. The van der Waals surface area contributed by atoms with Crippen molar-refractivity contribution in [3.8, 4) is 0 Å². The fraction of sp³-hybridized carbons (Fsp3) is 0.500. The topological polar surface area (TPSA) is 52.2 Å². The molecule has 21 heavy (non-hydrogen) atoms. The molecule has 0 radical (unpaired) electrons. The van der Waals surface area contributed by atoms with E-state index in [1.165, 1.54) is 0 Å². The van der Waals surface area contributed by atoms with Crippen LogP contribution in [0.25, 0.3) is 11.0 Å². The largest absolute Gasteiger partial charge is 0.335 e. The summed E-state index contributed by atoms with van der Waals surface area (Å²) in [5.74, 6) is 1.78. The van der Waals surface area contributed by atoms with Crippen LogP contribution in [0.4, 0.5) is 0 Å². The summed E-state index contributed by atoms with van der Waals surface area (Å²) in [4.78, 5) is 24.7. The van der Waals surface area contributed by atoms with Gasteiger partial charge in [-0.1, -0.05) is 12.1 Å². The number of likely N-dealkylation sites (tertiary alicyclic amines) is 2. The Bertz CT molecular complexity index is 693. The lowest BCUT2D eigenvalue weighted by atomic mass is 10.0. The maximum absolute atomic E-state index is 12.7. The molecule has 2 aliphatic rings. The van der Waals surface area contributed by atoms with Crippen LogP contribution in [0, 0.1) is 18.8 Å². The number of nitrogens with one attached hydrogen (secondary N) is 1. The van der Waals surface area contributed by atoms with E-state index in [0.29, 0.717) is 17.7 Å². The van der Waals surface area contributed by atoms with Gasteiger partial charge in [0.15, 0.2) is 5.82 Å². The van der Waals surface area contributed by atoms with Crippen LogP contribution in [0.3, 0.4) is 0 Å². The lowest BCUT2D eigenvalue weighted by Crippen LogP contribution is -2.32. The van der Waals surface area contributed by atoms with Crippen LogP contribution in [0.1, 0.15) is 16.2 Å². The normalized spacial score (nSPS) is 25.7. The van der Waals surface area contributed by atoms with Gasteiger partial charge in [-0.2, -0.15) is 0 Å². The molecule has 3 heterocycles. The van der Waals surface area contributed by atoms with Crippen molar-refractivity contribution in [2.45, 2.75) is 6.92 Å². The van der Waals surface area contributed by atoms with E-state index in [0.717, 1.165) is 42.8 Å². The predicted octanol–water partition coefficient (Wildman–Crippen LogP) is 1.50. The first-order valence-electron chi connectivity index (χ1n) is 7.55. The van der Waals surface area contributed by atoms with Crippen molar-refractivity contribution in [3.63, 3.8) is 0 Å². The van der Waals surface area contributed by atoms with Gasteiger partial charge in [-0.15, -0.1) is 0 Å². The van der Waals surface area contributed by atoms with Gasteiger partial charge in [-0.05, 0) is 37.4 Å². The molecule has 0 saturated carbocycles. The van der Waals surface area contributed by atoms with Crippen molar-refractivity contribution in [2.75, 3.05) is 33.2 Å². The lowest BCUT2D eigenvalue weighted by Gasteiger charge is -2.18.